The van der Waals surface area contributed by atoms with E-state index in [2.05, 4.69) is 72.5 Å². The third kappa shape index (κ3) is 4.20. The van der Waals surface area contributed by atoms with E-state index in [1.165, 1.54) is 11.1 Å². The van der Waals surface area contributed by atoms with Crippen LogP contribution in [0.4, 0.5) is 11.8 Å². The zero-order chi connectivity index (χ0) is 21.1. The topological polar surface area (TPSA) is 58.1 Å². The number of carbonyl (C=O) groups is 1. The van der Waals surface area contributed by atoms with Crippen LogP contribution in [0.2, 0.25) is 0 Å². The lowest BCUT2D eigenvalue weighted by atomic mass is 10.0. The Bertz CT molecular complexity index is 1000. The summed E-state index contributed by atoms with van der Waals surface area (Å²) in [6.45, 7) is 6.39. The lowest BCUT2D eigenvalue weighted by Gasteiger charge is -2.27. The lowest BCUT2D eigenvalue weighted by molar-refractivity contribution is -0.117. The second-order valence-electron chi connectivity index (χ2n) is 8.21. The third-order valence-corrected chi connectivity index (χ3v) is 5.77. The minimum Gasteiger partial charge on any atom is -0.348 e. The van der Waals surface area contributed by atoms with Gasteiger partial charge in [0.05, 0.1) is 6.04 Å². The van der Waals surface area contributed by atoms with Gasteiger partial charge in [-0.15, -0.1) is 0 Å². The number of hydrogen-bond donors (Lipinski definition) is 1. The smallest absolute Gasteiger partial charge is 0.228 e. The van der Waals surface area contributed by atoms with Crippen LogP contribution in [0.3, 0.4) is 0 Å². The maximum atomic E-state index is 12.4. The predicted molar refractivity (Wildman–Crippen MR) is 121 cm³/mol. The molecule has 4 rings (SSSR count). The Balaban J connectivity index is 1.49. The Labute approximate surface area is 178 Å². The number of nitrogens with zero attached hydrogens (tertiary/aromatic N) is 3. The van der Waals surface area contributed by atoms with Crippen LogP contribution in [-0.4, -0.2) is 21.9 Å². The molecular weight excluding hydrogens is 372 g/mol. The lowest BCUT2D eigenvalue weighted by Crippen LogP contribution is -2.37. The Hall–Kier alpha value is -3.21. The maximum absolute atomic E-state index is 12.4. The zero-order valence-electron chi connectivity index (χ0n) is 17.7. The highest BCUT2D eigenvalue weighted by molar-refractivity contribution is 5.95. The molecule has 1 aliphatic heterocycles. The van der Waals surface area contributed by atoms with Crippen LogP contribution in [0.25, 0.3) is 11.1 Å². The number of carbonyl (C=O) groups excluding carboxylic acids is 1. The number of nitrogens with one attached hydrogen (secondary N) is 1. The Morgan fingerprint density at radius 3 is 2.37 bits per heavy atom. The van der Waals surface area contributed by atoms with E-state index in [-0.39, 0.29) is 18.0 Å². The van der Waals surface area contributed by atoms with Crippen molar-refractivity contribution in [3.63, 3.8) is 0 Å². The molecule has 3 aromatic rings. The first-order chi connectivity index (χ1) is 14.5. The number of amides is 1. The molecule has 2 aromatic carbocycles. The highest BCUT2D eigenvalue weighted by Crippen LogP contribution is 2.30. The van der Waals surface area contributed by atoms with Crippen molar-refractivity contribution in [2.45, 2.75) is 45.7 Å². The maximum Gasteiger partial charge on any atom is 0.228 e. The van der Waals surface area contributed by atoms with Crippen molar-refractivity contribution >= 4 is 17.7 Å². The van der Waals surface area contributed by atoms with Crippen LogP contribution in [0.5, 0.6) is 0 Å². The van der Waals surface area contributed by atoms with E-state index >= 15 is 0 Å². The van der Waals surface area contributed by atoms with Crippen molar-refractivity contribution < 1.29 is 4.79 Å². The highest BCUT2D eigenvalue weighted by atomic mass is 16.2. The SMILES string of the molecule is CC(Nc1nccc(N2C(=O)CC[C@@H]2C(C)C)n1)c1ccc(-c2ccccc2)cc1. The molecule has 1 aliphatic rings. The molecule has 0 spiro atoms. The first kappa shape index (κ1) is 20.1. The van der Waals surface area contributed by atoms with Gasteiger partial charge in [0, 0.05) is 18.7 Å². The molecule has 0 saturated carbocycles. The van der Waals surface area contributed by atoms with Crippen molar-refractivity contribution in [3.8, 4) is 11.1 Å². The molecule has 30 heavy (non-hydrogen) atoms. The van der Waals surface area contributed by atoms with Gasteiger partial charge < -0.3 is 5.32 Å². The van der Waals surface area contributed by atoms with Crippen molar-refractivity contribution in [1.82, 2.24) is 9.97 Å². The number of benzene rings is 2. The summed E-state index contributed by atoms with van der Waals surface area (Å²) >= 11 is 0. The summed E-state index contributed by atoms with van der Waals surface area (Å²) in [6.07, 6.45) is 3.19. The van der Waals surface area contributed by atoms with Gasteiger partial charge in [0.25, 0.3) is 0 Å². The zero-order valence-corrected chi connectivity index (χ0v) is 17.7. The summed E-state index contributed by atoms with van der Waals surface area (Å²) < 4.78 is 0. The molecule has 1 fully saturated rings. The number of hydrogen-bond acceptors (Lipinski definition) is 4. The molecule has 1 aromatic heterocycles. The van der Waals surface area contributed by atoms with E-state index in [1.54, 1.807) is 6.20 Å². The summed E-state index contributed by atoms with van der Waals surface area (Å²) in [5.74, 6) is 1.75. The molecule has 1 unspecified atom stereocenters. The summed E-state index contributed by atoms with van der Waals surface area (Å²) in [4.78, 5) is 23.3. The van der Waals surface area contributed by atoms with Gasteiger partial charge in [0.15, 0.2) is 0 Å². The largest absolute Gasteiger partial charge is 0.348 e. The van der Waals surface area contributed by atoms with Gasteiger partial charge >= 0.3 is 0 Å². The minimum absolute atomic E-state index is 0.0419. The van der Waals surface area contributed by atoms with Crippen molar-refractivity contribution in [3.05, 3.63) is 72.4 Å². The highest BCUT2D eigenvalue weighted by Gasteiger charge is 2.35. The quantitative estimate of drug-likeness (QED) is 0.596. The molecule has 0 bridgehead atoms. The fraction of sp³-hybridized carbons (Fsp3) is 0.320. The van der Waals surface area contributed by atoms with E-state index in [0.717, 1.165) is 12.0 Å². The average Bonchev–Trinajstić information content (AvgIpc) is 3.16. The third-order valence-electron chi connectivity index (χ3n) is 5.77. The van der Waals surface area contributed by atoms with E-state index in [1.807, 2.05) is 29.2 Å². The molecule has 2 atom stereocenters. The van der Waals surface area contributed by atoms with Crippen molar-refractivity contribution in [2.24, 2.45) is 5.92 Å². The summed E-state index contributed by atoms with van der Waals surface area (Å²) in [7, 11) is 0. The standard InChI is InChI=1S/C25H28N4O/c1-17(2)22-13-14-24(30)29(22)23-15-16-26-25(28-23)27-18(3)19-9-11-21(12-10-19)20-7-5-4-6-8-20/h4-12,15-18,22H,13-14H2,1-3H3,(H,26,27,28)/t18?,22-/m1/s1. The van der Waals surface area contributed by atoms with Gasteiger partial charge in [-0.3, -0.25) is 9.69 Å². The second-order valence-corrected chi connectivity index (χ2v) is 8.21. The molecule has 5 heteroatoms. The predicted octanol–water partition coefficient (Wildman–Crippen LogP) is 5.47. The molecule has 2 heterocycles. The van der Waals surface area contributed by atoms with Gasteiger partial charge in [-0.1, -0.05) is 68.4 Å². The van der Waals surface area contributed by atoms with Gasteiger partial charge in [-0.05, 0) is 42.0 Å². The average molecular weight is 401 g/mol. The van der Waals surface area contributed by atoms with Crippen LogP contribution >= 0.6 is 0 Å². The van der Waals surface area contributed by atoms with Crippen LogP contribution in [-0.2, 0) is 4.79 Å². The summed E-state index contributed by atoms with van der Waals surface area (Å²) in [5.41, 5.74) is 3.55. The van der Waals surface area contributed by atoms with Gasteiger partial charge in [0.1, 0.15) is 5.82 Å². The molecule has 1 N–H and O–H groups in total. The summed E-state index contributed by atoms with van der Waals surface area (Å²) in [5, 5.41) is 3.38. The van der Waals surface area contributed by atoms with Crippen LogP contribution in [0.15, 0.2) is 66.9 Å². The molecule has 0 radical (unpaired) electrons. The van der Waals surface area contributed by atoms with Gasteiger partial charge in [-0.25, -0.2) is 4.98 Å². The summed E-state index contributed by atoms with van der Waals surface area (Å²) in [6, 6.07) is 20.9. The van der Waals surface area contributed by atoms with E-state index in [9.17, 15) is 4.79 Å². The van der Waals surface area contributed by atoms with E-state index in [0.29, 0.717) is 24.1 Å². The molecule has 5 nitrogen and oxygen atoms in total. The Morgan fingerprint density at radius 2 is 1.67 bits per heavy atom. The molecular formula is C25H28N4O. The fourth-order valence-corrected chi connectivity index (χ4v) is 4.06. The fourth-order valence-electron chi connectivity index (χ4n) is 4.06. The van der Waals surface area contributed by atoms with Gasteiger partial charge in [-0.2, -0.15) is 4.98 Å². The Kier molecular flexibility index (Phi) is 5.79. The van der Waals surface area contributed by atoms with Crippen LogP contribution < -0.4 is 10.2 Å². The minimum atomic E-state index is 0.0419. The molecule has 0 aliphatic carbocycles. The monoisotopic (exact) mass is 400 g/mol. The molecule has 154 valence electrons. The second kappa shape index (κ2) is 8.66. The van der Waals surface area contributed by atoms with Crippen LogP contribution in [0, 0.1) is 5.92 Å². The first-order valence-corrected chi connectivity index (χ1v) is 10.6. The normalized spacial score (nSPS) is 17.4. The number of anilines is 2. The first-order valence-electron chi connectivity index (χ1n) is 10.6. The van der Waals surface area contributed by atoms with E-state index < -0.39 is 0 Å². The Morgan fingerprint density at radius 1 is 0.967 bits per heavy atom. The van der Waals surface area contributed by atoms with Crippen molar-refractivity contribution in [2.75, 3.05) is 10.2 Å². The van der Waals surface area contributed by atoms with E-state index in [4.69, 9.17) is 0 Å². The molecule has 1 amide bonds. The molecule has 1 saturated heterocycles. The van der Waals surface area contributed by atoms with Crippen LogP contribution in [0.1, 0.15) is 45.2 Å². The number of aromatic nitrogens is 2. The number of rotatable bonds is 6. The van der Waals surface area contributed by atoms with Crippen molar-refractivity contribution in [1.29, 1.82) is 0 Å². The van der Waals surface area contributed by atoms with Gasteiger partial charge in [0.2, 0.25) is 11.9 Å².